The smallest absolute Gasteiger partial charge is 0.343 e. The highest BCUT2D eigenvalue weighted by Gasteiger charge is 2.09. The van der Waals surface area contributed by atoms with Crippen LogP contribution in [0.1, 0.15) is 113 Å². The van der Waals surface area contributed by atoms with E-state index in [9.17, 15) is 9.59 Å². The third-order valence-corrected chi connectivity index (χ3v) is 6.30. The lowest BCUT2D eigenvalue weighted by molar-refractivity contribution is -0.121. The van der Waals surface area contributed by atoms with Crippen molar-refractivity contribution in [3.05, 3.63) is 59.7 Å². The van der Waals surface area contributed by atoms with E-state index < -0.39 is 5.97 Å². The molecule has 0 radical (unpaired) electrons. The van der Waals surface area contributed by atoms with Crippen LogP contribution in [0.4, 0.5) is 0 Å². The van der Waals surface area contributed by atoms with Gasteiger partial charge in [0.05, 0.1) is 18.9 Å². The third kappa shape index (κ3) is 13.7. The molecule has 2 rings (SSSR count). The molecule has 0 saturated heterocycles. The Morgan fingerprint density at radius 2 is 1.38 bits per heavy atom. The molecule has 2 aromatic rings. The summed E-state index contributed by atoms with van der Waals surface area (Å²) in [5, 5.41) is 4.04. The molecular formula is C31H44N2O4. The normalized spacial score (nSPS) is 11.0. The van der Waals surface area contributed by atoms with E-state index in [-0.39, 0.29) is 5.91 Å². The van der Waals surface area contributed by atoms with Gasteiger partial charge in [0.2, 0.25) is 5.91 Å². The van der Waals surface area contributed by atoms with Crippen molar-refractivity contribution >= 4 is 18.1 Å². The molecule has 0 unspecified atom stereocenters. The number of amides is 1. The quantitative estimate of drug-likeness (QED) is 0.0689. The van der Waals surface area contributed by atoms with Crippen LogP contribution in [0.2, 0.25) is 0 Å². The number of methoxy groups -OCH3 is 1. The van der Waals surface area contributed by atoms with E-state index in [2.05, 4.69) is 17.5 Å². The molecule has 0 aliphatic carbocycles. The van der Waals surface area contributed by atoms with Crippen molar-refractivity contribution in [1.82, 2.24) is 5.43 Å². The lowest BCUT2D eigenvalue weighted by Gasteiger charge is -2.06. The van der Waals surface area contributed by atoms with E-state index in [1.807, 2.05) is 6.07 Å². The van der Waals surface area contributed by atoms with Gasteiger partial charge in [0.1, 0.15) is 11.5 Å². The van der Waals surface area contributed by atoms with Crippen LogP contribution in [-0.4, -0.2) is 25.2 Å². The van der Waals surface area contributed by atoms with Crippen LogP contribution in [0.25, 0.3) is 0 Å². The van der Waals surface area contributed by atoms with Gasteiger partial charge >= 0.3 is 5.97 Å². The first-order valence-electron chi connectivity index (χ1n) is 13.9. The molecule has 202 valence electrons. The fraction of sp³-hybridized carbons (Fsp3) is 0.516. The number of carbonyl (C=O) groups is 2. The summed E-state index contributed by atoms with van der Waals surface area (Å²) in [6.45, 7) is 2.26. The van der Waals surface area contributed by atoms with Gasteiger partial charge in [-0.2, -0.15) is 5.10 Å². The van der Waals surface area contributed by atoms with Gasteiger partial charge in [-0.3, -0.25) is 4.79 Å². The van der Waals surface area contributed by atoms with Crippen molar-refractivity contribution in [2.75, 3.05) is 7.11 Å². The molecule has 0 aliphatic heterocycles. The van der Waals surface area contributed by atoms with Crippen LogP contribution >= 0.6 is 0 Å². The maximum absolute atomic E-state index is 12.3. The minimum absolute atomic E-state index is 0.0820. The largest absolute Gasteiger partial charge is 0.497 e. The molecule has 0 spiro atoms. The zero-order chi connectivity index (χ0) is 26.6. The SMILES string of the molecule is CCCCCCCCCCCCCCCC(=O)NN=Cc1cccc(OC(=O)c2ccc(OC)cc2)c1. The Kier molecular flexibility index (Phi) is 15.5. The second-order valence-electron chi connectivity index (χ2n) is 9.48. The van der Waals surface area contributed by atoms with Gasteiger partial charge in [-0.25, -0.2) is 10.2 Å². The molecule has 0 aromatic heterocycles. The molecule has 1 amide bonds. The Labute approximate surface area is 222 Å². The summed E-state index contributed by atoms with van der Waals surface area (Å²) >= 11 is 0. The number of nitrogens with one attached hydrogen (secondary N) is 1. The van der Waals surface area contributed by atoms with E-state index in [1.165, 1.54) is 70.6 Å². The van der Waals surface area contributed by atoms with Gasteiger partial charge in [0.15, 0.2) is 0 Å². The summed E-state index contributed by atoms with van der Waals surface area (Å²) in [4.78, 5) is 24.4. The van der Waals surface area contributed by atoms with E-state index in [0.29, 0.717) is 23.5 Å². The zero-order valence-electron chi connectivity index (χ0n) is 22.7. The molecule has 0 heterocycles. The molecule has 37 heavy (non-hydrogen) atoms. The Balaban J connectivity index is 1.55. The molecule has 0 saturated carbocycles. The number of hydrazone groups is 1. The Hall–Kier alpha value is -3.15. The number of unbranched alkanes of at least 4 members (excludes halogenated alkanes) is 12. The molecule has 0 bridgehead atoms. The van der Waals surface area contributed by atoms with E-state index in [4.69, 9.17) is 9.47 Å². The van der Waals surface area contributed by atoms with Gasteiger partial charge in [-0.15, -0.1) is 0 Å². The first kappa shape index (κ1) is 30.1. The highest BCUT2D eigenvalue weighted by molar-refractivity contribution is 5.91. The van der Waals surface area contributed by atoms with Gasteiger partial charge in [0.25, 0.3) is 0 Å². The van der Waals surface area contributed by atoms with Crippen LogP contribution < -0.4 is 14.9 Å². The lowest BCUT2D eigenvalue weighted by Crippen LogP contribution is -2.16. The predicted octanol–water partition coefficient (Wildman–Crippen LogP) is 7.85. The molecular weight excluding hydrogens is 464 g/mol. The summed E-state index contributed by atoms with van der Waals surface area (Å²) < 4.78 is 10.5. The molecule has 1 N–H and O–H groups in total. The molecule has 6 nitrogen and oxygen atoms in total. The molecule has 6 heteroatoms. The topological polar surface area (TPSA) is 77.0 Å². The number of hydrogen-bond acceptors (Lipinski definition) is 5. The second kappa shape index (κ2) is 19.0. The van der Waals surface area contributed by atoms with Crippen molar-refractivity contribution in [1.29, 1.82) is 0 Å². The summed E-state index contributed by atoms with van der Waals surface area (Å²) in [5.41, 5.74) is 3.74. The first-order chi connectivity index (χ1) is 18.1. The number of carbonyl (C=O) groups excluding carboxylic acids is 2. The van der Waals surface area contributed by atoms with Crippen LogP contribution in [0.5, 0.6) is 11.5 Å². The van der Waals surface area contributed by atoms with Gasteiger partial charge < -0.3 is 9.47 Å². The van der Waals surface area contributed by atoms with Gasteiger partial charge in [-0.1, -0.05) is 96.1 Å². The number of ether oxygens (including phenoxy) is 2. The zero-order valence-corrected chi connectivity index (χ0v) is 22.7. The van der Waals surface area contributed by atoms with Crippen LogP contribution in [0.3, 0.4) is 0 Å². The number of benzene rings is 2. The Morgan fingerprint density at radius 1 is 0.784 bits per heavy atom. The Bertz CT molecular complexity index is 940. The Morgan fingerprint density at radius 3 is 1.97 bits per heavy atom. The van der Waals surface area contributed by atoms with Gasteiger partial charge in [-0.05, 0) is 48.4 Å². The maximum Gasteiger partial charge on any atom is 0.343 e. The number of nitrogens with zero attached hydrogens (tertiary/aromatic N) is 1. The van der Waals surface area contributed by atoms with Crippen molar-refractivity contribution in [2.45, 2.75) is 96.8 Å². The first-order valence-corrected chi connectivity index (χ1v) is 13.9. The third-order valence-electron chi connectivity index (χ3n) is 6.30. The molecule has 2 aromatic carbocycles. The van der Waals surface area contributed by atoms with Crippen LogP contribution in [-0.2, 0) is 4.79 Å². The average molecular weight is 509 g/mol. The lowest BCUT2D eigenvalue weighted by atomic mass is 10.0. The fourth-order valence-corrected chi connectivity index (χ4v) is 4.09. The number of esters is 1. The number of rotatable bonds is 19. The van der Waals surface area contributed by atoms with Crippen molar-refractivity contribution in [2.24, 2.45) is 5.10 Å². The minimum Gasteiger partial charge on any atom is -0.497 e. The van der Waals surface area contributed by atoms with Crippen molar-refractivity contribution < 1.29 is 19.1 Å². The average Bonchev–Trinajstić information content (AvgIpc) is 2.91. The second-order valence-corrected chi connectivity index (χ2v) is 9.48. The fourth-order valence-electron chi connectivity index (χ4n) is 4.09. The summed E-state index contributed by atoms with van der Waals surface area (Å²) in [6.07, 6.45) is 18.7. The summed E-state index contributed by atoms with van der Waals surface area (Å²) in [7, 11) is 1.57. The van der Waals surface area contributed by atoms with E-state index in [0.717, 1.165) is 18.4 Å². The maximum atomic E-state index is 12.3. The summed E-state index contributed by atoms with van der Waals surface area (Å²) in [6, 6.07) is 13.7. The molecule has 0 fully saturated rings. The van der Waals surface area contributed by atoms with E-state index in [1.54, 1.807) is 55.8 Å². The van der Waals surface area contributed by atoms with Crippen LogP contribution in [0.15, 0.2) is 53.6 Å². The van der Waals surface area contributed by atoms with Gasteiger partial charge in [0, 0.05) is 6.42 Å². The van der Waals surface area contributed by atoms with Crippen LogP contribution in [0, 0.1) is 0 Å². The number of hydrogen-bond donors (Lipinski definition) is 1. The van der Waals surface area contributed by atoms with E-state index >= 15 is 0 Å². The van der Waals surface area contributed by atoms with Crippen molar-refractivity contribution in [3.8, 4) is 11.5 Å². The summed E-state index contributed by atoms with van der Waals surface area (Å²) in [5.74, 6) is 0.540. The molecule has 0 aliphatic rings. The molecule has 0 atom stereocenters. The highest BCUT2D eigenvalue weighted by atomic mass is 16.5. The predicted molar refractivity (Wildman–Crippen MR) is 150 cm³/mol. The highest BCUT2D eigenvalue weighted by Crippen LogP contribution is 2.17. The van der Waals surface area contributed by atoms with Crippen molar-refractivity contribution in [3.63, 3.8) is 0 Å². The standard InChI is InChI=1S/C31H44N2O4/c1-3-4-5-6-7-8-9-10-11-12-13-14-15-19-30(34)33-32-25-26-17-16-18-29(24-26)37-31(35)27-20-22-28(36-2)23-21-27/h16-18,20-25H,3-15,19H2,1-2H3,(H,33,34). The minimum atomic E-state index is -0.456. The monoisotopic (exact) mass is 508 g/mol.